The minimum Gasteiger partial charge on any atom is -0.480 e. The van der Waals surface area contributed by atoms with Crippen LogP contribution in [-0.4, -0.2) is 45.1 Å². The zero-order valence-electron chi connectivity index (χ0n) is 10.3. The van der Waals surface area contributed by atoms with Crippen LogP contribution in [0.25, 0.3) is 11.0 Å². The van der Waals surface area contributed by atoms with Crippen LogP contribution < -0.4 is 0 Å². The Morgan fingerprint density at radius 2 is 2.20 bits per heavy atom. The lowest BCUT2D eigenvalue weighted by atomic mass is 10.2. The van der Waals surface area contributed by atoms with E-state index in [1.54, 1.807) is 12.1 Å². The van der Waals surface area contributed by atoms with Crippen LogP contribution in [0, 0.1) is 0 Å². The van der Waals surface area contributed by atoms with Crippen molar-refractivity contribution in [3.8, 4) is 0 Å². The van der Waals surface area contributed by atoms with Crippen molar-refractivity contribution in [2.24, 2.45) is 0 Å². The van der Waals surface area contributed by atoms with Gasteiger partial charge in [-0.05, 0) is 25.0 Å². The van der Waals surface area contributed by atoms with Gasteiger partial charge in [0.25, 0.3) is 0 Å². The third-order valence-corrected chi connectivity index (χ3v) is 5.81. The zero-order valence-corrected chi connectivity index (χ0v) is 11.9. The molecule has 0 saturated carbocycles. The van der Waals surface area contributed by atoms with Crippen LogP contribution in [0.15, 0.2) is 23.1 Å². The summed E-state index contributed by atoms with van der Waals surface area (Å²) in [5.74, 6) is -1.12. The van der Waals surface area contributed by atoms with Gasteiger partial charge in [0.1, 0.15) is 22.0 Å². The zero-order chi connectivity index (χ0) is 14.3. The molecule has 0 bridgehead atoms. The maximum atomic E-state index is 12.7. The first-order valence-corrected chi connectivity index (χ1v) is 8.15. The number of aliphatic carboxylic acids is 1. The lowest BCUT2D eigenvalue weighted by molar-refractivity contribution is -0.140. The quantitative estimate of drug-likeness (QED) is 0.904. The number of aromatic nitrogens is 2. The van der Waals surface area contributed by atoms with E-state index in [-0.39, 0.29) is 11.4 Å². The largest absolute Gasteiger partial charge is 0.480 e. The van der Waals surface area contributed by atoms with Crippen LogP contribution in [0.2, 0.25) is 0 Å². The number of nitrogens with zero attached hydrogens (tertiary/aromatic N) is 3. The standard InChI is InChI=1S/C11H11N3O4S2/c15-11(16)8-4-2-6-14(8)20(17,18)9-5-1-3-7-10(9)13-19-12-7/h1,3,5,8H,2,4,6H2,(H,15,16)/t8-/m1/s1. The maximum Gasteiger partial charge on any atom is 0.322 e. The van der Waals surface area contributed by atoms with Crippen molar-refractivity contribution in [3.05, 3.63) is 18.2 Å². The summed E-state index contributed by atoms with van der Waals surface area (Å²) in [5.41, 5.74) is 0.802. The van der Waals surface area contributed by atoms with Gasteiger partial charge in [-0.2, -0.15) is 13.1 Å². The van der Waals surface area contributed by atoms with Gasteiger partial charge in [-0.25, -0.2) is 8.42 Å². The number of carboxylic acid groups (broad SMARTS) is 1. The van der Waals surface area contributed by atoms with Crippen molar-refractivity contribution in [2.75, 3.05) is 6.54 Å². The molecule has 1 fully saturated rings. The van der Waals surface area contributed by atoms with Crippen molar-refractivity contribution in [2.45, 2.75) is 23.8 Å². The third kappa shape index (κ3) is 1.98. The fraction of sp³-hybridized carbons (Fsp3) is 0.364. The second-order valence-corrected chi connectivity index (χ2v) is 6.89. The Balaban J connectivity index is 2.12. The van der Waals surface area contributed by atoms with Crippen molar-refractivity contribution in [1.82, 2.24) is 13.1 Å². The van der Waals surface area contributed by atoms with E-state index in [2.05, 4.69) is 8.75 Å². The molecule has 0 aliphatic carbocycles. The van der Waals surface area contributed by atoms with Gasteiger partial charge in [-0.1, -0.05) is 6.07 Å². The van der Waals surface area contributed by atoms with Gasteiger partial charge in [-0.3, -0.25) is 4.79 Å². The van der Waals surface area contributed by atoms with E-state index in [1.165, 1.54) is 6.07 Å². The number of fused-ring (bicyclic) bond motifs is 1. The second kappa shape index (κ2) is 4.76. The Bertz CT molecular complexity index is 771. The highest BCUT2D eigenvalue weighted by Gasteiger charge is 2.40. The van der Waals surface area contributed by atoms with E-state index < -0.39 is 22.0 Å². The molecule has 1 aromatic carbocycles. The minimum atomic E-state index is -3.87. The van der Waals surface area contributed by atoms with Gasteiger partial charge in [0.2, 0.25) is 10.0 Å². The van der Waals surface area contributed by atoms with Crippen LogP contribution in [0.1, 0.15) is 12.8 Å². The topological polar surface area (TPSA) is 100 Å². The summed E-state index contributed by atoms with van der Waals surface area (Å²) >= 11 is 0.934. The first kappa shape index (κ1) is 13.4. The Morgan fingerprint density at radius 1 is 1.40 bits per heavy atom. The number of benzene rings is 1. The van der Waals surface area contributed by atoms with Crippen LogP contribution >= 0.6 is 11.7 Å². The SMILES string of the molecule is O=C(O)[C@H]1CCCN1S(=O)(=O)c1cccc2nsnc12. The molecule has 106 valence electrons. The number of sulfonamides is 1. The highest BCUT2D eigenvalue weighted by Crippen LogP contribution is 2.29. The highest BCUT2D eigenvalue weighted by molar-refractivity contribution is 7.89. The minimum absolute atomic E-state index is 0.0249. The monoisotopic (exact) mass is 313 g/mol. The fourth-order valence-electron chi connectivity index (χ4n) is 2.39. The lowest BCUT2D eigenvalue weighted by Gasteiger charge is -2.20. The van der Waals surface area contributed by atoms with Crippen LogP contribution in [0.5, 0.6) is 0 Å². The van der Waals surface area contributed by atoms with Crippen LogP contribution in [-0.2, 0) is 14.8 Å². The average Bonchev–Trinajstić information content (AvgIpc) is 3.06. The second-order valence-electron chi connectivity index (χ2n) is 4.50. The average molecular weight is 313 g/mol. The molecule has 20 heavy (non-hydrogen) atoms. The summed E-state index contributed by atoms with van der Waals surface area (Å²) in [4.78, 5) is 11.2. The highest BCUT2D eigenvalue weighted by atomic mass is 32.2. The molecule has 0 radical (unpaired) electrons. The normalized spacial score (nSPS) is 20.5. The molecule has 7 nitrogen and oxygen atoms in total. The first-order valence-electron chi connectivity index (χ1n) is 5.98. The van der Waals surface area contributed by atoms with E-state index in [0.717, 1.165) is 16.0 Å². The molecule has 1 atom stereocenters. The Labute approximate surface area is 119 Å². The number of carboxylic acids is 1. The molecule has 2 aromatic rings. The van der Waals surface area contributed by atoms with E-state index >= 15 is 0 Å². The third-order valence-electron chi connectivity index (χ3n) is 3.32. The Kier molecular flexibility index (Phi) is 3.19. The van der Waals surface area contributed by atoms with Crippen molar-refractivity contribution < 1.29 is 18.3 Å². The van der Waals surface area contributed by atoms with Gasteiger partial charge < -0.3 is 5.11 Å². The molecule has 1 saturated heterocycles. The van der Waals surface area contributed by atoms with Gasteiger partial charge >= 0.3 is 5.97 Å². The van der Waals surface area contributed by atoms with E-state index in [9.17, 15) is 13.2 Å². The number of carbonyl (C=O) groups is 1. The van der Waals surface area contributed by atoms with Gasteiger partial charge in [0, 0.05) is 6.54 Å². The molecule has 0 unspecified atom stereocenters. The van der Waals surface area contributed by atoms with E-state index in [4.69, 9.17) is 5.11 Å². The Hall–Kier alpha value is -1.58. The molecule has 1 aliphatic rings. The molecule has 3 rings (SSSR count). The predicted molar refractivity (Wildman–Crippen MR) is 72.0 cm³/mol. The number of hydrogen-bond acceptors (Lipinski definition) is 6. The summed E-state index contributed by atoms with van der Waals surface area (Å²) in [6.45, 7) is 0.216. The molecule has 0 amide bonds. The van der Waals surface area contributed by atoms with Crippen molar-refractivity contribution in [1.29, 1.82) is 0 Å². The van der Waals surface area contributed by atoms with E-state index in [0.29, 0.717) is 23.9 Å². The maximum absolute atomic E-state index is 12.7. The molecule has 1 N–H and O–H groups in total. The summed E-state index contributed by atoms with van der Waals surface area (Å²) < 4.78 is 34.4. The Morgan fingerprint density at radius 3 is 2.95 bits per heavy atom. The van der Waals surface area contributed by atoms with Crippen molar-refractivity contribution in [3.63, 3.8) is 0 Å². The summed E-state index contributed by atoms with van der Waals surface area (Å²) in [6.07, 6.45) is 0.876. The van der Waals surface area contributed by atoms with Gasteiger partial charge in [0.15, 0.2) is 0 Å². The summed E-state index contributed by atoms with van der Waals surface area (Å²) in [6, 6.07) is 3.71. The smallest absolute Gasteiger partial charge is 0.322 e. The lowest BCUT2D eigenvalue weighted by Crippen LogP contribution is -2.40. The number of rotatable bonds is 3. The predicted octanol–water partition coefficient (Wildman–Crippen LogP) is 0.929. The van der Waals surface area contributed by atoms with Gasteiger partial charge in [-0.15, -0.1) is 0 Å². The molecule has 1 aromatic heterocycles. The van der Waals surface area contributed by atoms with E-state index in [1.807, 2.05) is 0 Å². The van der Waals surface area contributed by atoms with Crippen LogP contribution in [0.3, 0.4) is 0 Å². The molecule has 2 heterocycles. The first-order chi connectivity index (χ1) is 9.51. The van der Waals surface area contributed by atoms with Gasteiger partial charge in [0.05, 0.1) is 11.7 Å². The van der Waals surface area contributed by atoms with Crippen molar-refractivity contribution >= 4 is 38.8 Å². The molecular weight excluding hydrogens is 302 g/mol. The fourth-order valence-corrected chi connectivity index (χ4v) is 4.80. The summed E-state index contributed by atoms with van der Waals surface area (Å²) in [7, 11) is -3.87. The molecule has 0 spiro atoms. The molecule has 9 heteroatoms. The molecular formula is C11H11N3O4S2. The summed E-state index contributed by atoms with van der Waals surface area (Å²) in [5, 5.41) is 9.14. The van der Waals surface area contributed by atoms with Crippen LogP contribution in [0.4, 0.5) is 0 Å². The molecule has 1 aliphatic heterocycles. The number of hydrogen-bond donors (Lipinski definition) is 1.